The van der Waals surface area contributed by atoms with Crippen LogP contribution in [0.15, 0.2) is 106 Å². The summed E-state index contributed by atoms with van der Waals surface area (Å²) in [6.07, 6.45) is 3.11. The van der Waals surface area contributed by atoms with E-state index in [9.17, 15) is 45.7 Å². The highest BCUT2D eigenvalue weighted by Crippen LogP contribution is 2.27. The van der Waals surface area contributed by atoms with Crippen LogP contribution in [0.2, 0.25) is 0 Å². The molecule has 0 saturated carbocycles. The van der Waals surface area contributed by atoms with Gasteiger partial charge in [0.15, 0.2) is 0 Å². The Labute approximate surface area is 412 Å². The van der Waals surface area contributed by atoms with Crippen LogP contribution in [0, 0.1) is 0 Å². The number of hydrogen-bond acceptors (Lipinski definition) is 24. The van der Waals surface area contributed by atoms with E-state index in [0.717, 1.165) is 23.0 Å². The second-order valence-electron chi connectivity index (χ2n) is 14.8. The summed E-state index contributed by atoms with van der Waals surface area (Å²) < 4.78 is 72.8. The summed E-state index contributed by atoms with van der Waals surface area (Å²) in [5, 5.41) is 54.9. The summed E-state index contributed by atoms with van der Waals surface area (Å²) in [6.45, 7) is -1.88. The fourth-order valence-corrected chi connectivity index (χ4v) is 8.01. The molecular formula is C42H42N10O17S3. The zero-order chi connectivity index (χ0) is 51.8. The maximum Gasteiger partial charge on any atom is 0.323 e. The highest BCUT2D eigenvalue weighted by atomic mass is 32.2. The quantitative estimate of drug-likeness (QED) is 0.0112. The van der Waals surface area contributed by atoms with Gasteiger partial charge in [0.25, 0.3) is 20.2 Å². The van der Waals surface area contributed by atoms with E-state index in [1.165, 1.54) is 47.4 Å². The number of carboxylic acid groups (broad SMARTS) is 2. The number of nitrogens with zero attached hydrogens (tertiary/aromatic N) is 8. The molecule has 0 unspecified atom stereocenters. The number of aromatic nitrogens is 6. The minimum Gasteiger partial charge on any atom is -0.480 e. The lowest BCUT2D eigenvalue weighted by Gasteiger charge is -2.22. The molecule has 0 aliphatic carbocycles. The second kappa shape index (κ2) is 25.2. The highest BCUT2D eigenvalue weighted by Gasteiger charge is 2.21. The molecule has 72 heavy (non-hydrogen) atoms. The first-order valence-corrected chi connectivity index (χ1v) is 24.2. The molecule has 380 valence electrons. The molecule has 6 aromatic rings. The molecule has 27 nitrogen and oxygen atoms in total. The van der Waals surface area contributed by atoms with Crippen molar-refractivity contribution in [2.24, 2.45) is 0 Å². The molecule has 0 saturated heterocycles. The van der Waals surface area contributed by atoms with E-state index in [1.54, 1.807) is 54.6 Å². The Bertz CT molecular complexity index is 3060. The highest BCUT2D eigenvalue weighted by molar-refractivity contribution is 7.94. The van der Waals surface area contributed by atoms with Gasteiger partial charge in [0.1, 0.15) is 29.6 Å². The first-order chi connectivity index (χ1) is 34.4. The molecule has 2 heterocycles. The van der Waals surface area contributed by atoms with Crippen molar-refractivity contribution in [3.05, 3.63) is 125 Å². The van der Waals surface area contributed by atoms with Crippen LogP contribution >= 0.6 is 12.0 Å². The Morgan fingerprint density at radius 3 is 1.62 bits per heavy atom. The van der Waals surface area contributed by atoms with Gasteiger partial charge in [-0.3, -0.25) is 29.2 Å². The molecule has 9 N–H and O–H groups in total. The lowest BCUT2D eigenvalue weighted by molar-refractivity contribution is -0.432. The molecular weight excluding hydrogens is 1010 g/mol. The Balaban J connectivity index is 1.24. The van der Waals surface area contributed by atoms with Gasteiger partial charge in [-0.15, -0.1) is 4.33 Å². The van der Waals surface area contributed by atoms with Crippen molar-refractivity contribution < 1.29 is 80.7 Å². The van der Waals surface area contributed by atoms with E-state index in [-0.39, 0.29) is 90.7 Å². The fourth-order valence-electron chi connectivity index (χ4n) is 6.46. The molecule has 0 aliphatic rings. The van der Waals surface area contributed by atoms with E-state index in [1.807, 2.05) is 0 Å². The molecule has 0 bridgehead atoms. The van der Waals surface area contributed by atoms with E-state index in [4.69, 9.17) is 15.8 Å². The van der Waals surface area contributed by atoms with Crippen molar-refractivity contribution in [3.63, 3.8) is 0 Å². The van der Waals surface area contributed by atoms with Crippen molar-refractivity contribution in [1.29, 1.82) is 0 Å². The SMILES string of the molecule is O=C(O)CN(CC(=O)O)c1nc(Cc2ccc(/C=C/c3ccc(Nc4nc(Cc5ccc(S(=O)(=O)O)cc5)nc(N(CCOO)CCOO)n4)cc3S(=O)(=O)O)cc2)nc(Nc2ccc(SOOO)cc2)n1. The largest absolute Gasteiger partial charge is 0.480 e. The van der Waals surface area contributed by atoms with Crippen LogP contribution in [0.3, 0.4) is 0 Å². The lowest BCUT2D eigenvalue weighted by atomic mass is 10.1. The molecule has 0 atom stereocenters. The summed E-state index contributed by atoms with van der Waals surface area (Å²) in [4.78, 5) is 60.3. The maximum absolute atomic E-state index is 12.8. The predicted octanol–water partition coefficient (Wildman–Crippen LogP) is 4.58. The normalized spacial score (nSPS) is 11.7. The first-order valence-electron chi connectivity index (χ1n) is 20.6. The van der Waals surface area contributed by atoms with E-state index in [2.05, 4.69) is 59.7 Å². The summed E-state index contributed by atoms with van der Waals surface area (Å²) >= 11 is 0.731. The number of anilines is 6. The molecule has 0 radical (unpaired) electrons. The Kier molecular flexibility index (Phi) is 18.9. The number of nitrogens with one attached hydrogen (secondary N) is 2. The van der Waals surface area contributed by atoms with E-state index < -0.39 is 50.2 Å². The topological polar surface area (TPSA) is 389 Å². The number of carbonyl (C=O) groups is 2. The maximum atomic E-state index is 12.8. The van der Waals surface area contributed by atoms with Gasteiger partial charge in [-0.2, -0.15) is 46.7 Å². The number of hydrogen-bond donors (Lipinski definition) is 9. The first kappa shape index (κ1) is 54.0. The molecule has 30 heteroatoms. The van der Waals surface area contributed by atoms with Gasteiger partial charge in [0.05, 0.1) is 30.2 Å². The molecule has 4 aromatic carbocycles. The standard InChI is InChI=1S/C42H42N10O17S3/c53-37(54)24-52(25-38(55)56)42-48-36(45-39(50-42)43-30-11-13-32(14-12-30)70-69-68-59)21-27-3-1-26(2-4-27)5-8-29-9-10-31(23-34(29)72(63,64)65)44-40-46-35(22-28-6-15-33(16-7-28)71(60,61)62)47-41(49-40)51(17-19-66-57)18-20-67-58/h1-16,23,57-59H,17-22,24-25H2,(H,53,54)(H,55,56)(H,60,61,62)(H,63,64,65)(H,43,45,48,50)(H,44,46,47,49)/b8-5+. The number of rotatable bonds is 27. The third-order valence-electron chi connectivity index (χ3n) is 9.66. The van der Waals surface area contributed by atoms with Crippen molar-refractivity contribution in [1.82, 2.24) is 29.9 Å². The van der Waals surface area contributed by atoms with Crippen molar-refractivity contribution in [2.45, 2.75) is 27.5 Å². The molecule has 0 aliphatic heterocycles. The smallest absolute Gasteiger partial charge is 0.323 e. The zero-order valence-corrected chi connectivity index (χ0v) is 39.4. The van der Waals surface area contributed by atoms with Gasteiger partial charge in [0.2, 0.25) is 23.8 Å². The fraction of sp³-hybridized carbons (Fsp3) is 0.190. The molecule has 2 aromatic heterocycles. The minimum absolute atomic E-state index is 0.00471. The lowest BCUT2D eigenvalue weighted by Crippen LogP contribution is -2.36. The van der Waals surface area contributed by atoms with Gasteiger partial charge in [0, 0.05) is 42.2 Å². The van der Waals surface area contributed by atoms with E-state index >= 15 is 0 Å². The van der Waals surface area contributed by atoms with Crippen LogP contribution in [-0.4, -0.2) is 133 Å². The van der Waals surface area contributed by atoms with Crippen LogP contribution in [0.5, 0.6) is 0 Å². The van der Waals surface area contributed by atoms with Crippen LogP contribution < -0.4 is 20.4 Å². The number of carboxylic acids is 2. The van der Waals surface area contributed by atoms with Crippen LogP contribution in [0.4, 0.5) is 35.2 Å². The third-order valence-corrected chi connectivity index (χ3v) is 12.0. The molecule has 0 amide bonds. The van der Waals surface area contributed by atoms with Gasteiger partial charge in [-0.1, -0.05) is 59.7 Å². The number of aliphatic carboxylic acids is 2. The van der Waals surface area contributed by atoms with E-state index in [0.29, 0.717) is 27.3 Å². The van der Waals surface area contributed by atoms with Gasteiger partial charge >= 0.3 is 11.9 Å². The number of benzene rings is 4. The van der Waals surface area contributed by atoms with Crippen LogP contribution in [0.25, 0.3) is 12.2 Å². The zero-order valence-electron chi connectivity index (χ0n) is 37.0. The molecule has 6 rings (SSSR count). The van der Waals surface area contributed by atoms with Gasteiger partial charge in [-0.25, -0.2) is 15.0 Å². The van der Waals surface area contributed by atoms with Crippen LogP contribution in [0.1, 0.15) is 33.9 Å². The summed E-state index contributed by atoms with van der Waals surface area (Å²) in [7, 11) is -9.31. The molecule has 0 spiro atoms. The average Bonchev–Trinajstić information content (AvgIpc) is 3.33. The van der Waals surface area contributed by atoms with Crippen LogP contribution in [-0.2, 0) is 61.8 Å². The van der Waals surface area contributed by atoms with Crippen molar-refractivity contribution >= 4 is 91.5 Å². The summed E-state index contributed by atoms with van der Waals surface area (Å²) in [5.74, 6) is -2.76. The Morgan fingerprint density at radius 1 is 0.611 bits per heavy atom. The predicted molar refractivity (Wildman–Crippen MR) is 254 cm³/mol. The van der Waals surface area contributed by atoms with Crippen molar-refractivity contribution in [3.8, 4) is 0 Å². The Morgan fingerprint density at radius 2 is 1.12 bits per heavy atom. The molecule has 0 fully saturated rings. The van der Waals surface area contributed by atoms with Crippen molar-refractivity contribution in [2.75, 3.05) is 59.8 Å². The summed E-state index contributed by atoms with van der Waals surface area (Å²) in [5.41, 5.74) is 2.45. The second-order valence-corrected chi connectivity index (χ2v) is 18.4. The monoisotopic (exact) mass is 1050 g/mol. The van der Waals surface area contributed by atoms with Gasteiger partial charge < -0.3 is 30.6 Å². The third kappa shape index (κ3) is 16.4. The summed E-state index contributed by atoms with van der Waals surface area (Å²) in [6, 6.07) is 22.6. The Hall–Kier alpha value is -7.33. The average molecular weight is 1060 g/mol. The minimum atomic E-state index is -4.85. The van der Waals surface area contributed by atoms with Gasteiger partial charge in [-0.05, 0) is 70.8 Å².